The predicted molar refractivity (Wildman–Crippen MR) is 48.1 cm³/mol. The van der Waals surface area contributed by atoms with Crippen molar-refractivity contribution in [3.63, 3.8) is 0 Å². The molecule has 0 N–H and O–H groups in total. The molecule has 4 heteroatoms. The molecule has 68 valence electrons. The molecule has 0 fully saturated rings. The van der Waals surface area contributed by atoms with E-state index in [1.54, 1.807) is 0 Å². The maximum atomic E-state index is 10.0. The van der Waals surface area contributed by atoms with Crippen molar-refractivity contribution >= 4 is 26.4 Å². The molecule has 1 aromatic rings. The molecule has 0 aromatic carbocycles. The van der Waals surface area contributed by atoms with E-state index < -0.39 is 5.97 Å². The Hall–Kier alpha value is 0.740. The van der Waals surface area contributed by atoms with Crippen LogP contribution in [0.1, 0.15) is 23.8 Å². The molecule has 0 unspecified atom stereocenters. The van der Waals surface area contributed by atoms with Gasteiger partial charge in [-0.25, -0.2) is 0 Å². The number of carbonyl (C=O) groups is 1. The Morgan fingerprint density at radius 1 is 1.54 bits per heavy atom. The smallest absolute Gasteiger partial charge is 1.00 e. The van der Waals surface area contributed by atoms with Gasteiger partial charge in [0.1, 0.15) is 0 Å². The van der Waals surface area contributed by atoms with E-state index in [1.165, 1.54) is 3.58 Å². The van der Waals surface area contributed by atoms with Crippen LogP contribution in [0.3, 0.4) is 0 Å². The molecular weight excluding hydrogens is 291 g/mol. The summed E-state index contributed by atoms with van der Waals surface area (Å²) in [5.41, 5.74) is 0. The second-order valence-electron chi connectivity index (χ2n) is 1.95. The van der Waals surface area contributed by atoms with E-state index in [0.717, 1.165) is 0 Å². The summed E-state index contributed by atoms with van der Waals surface area (Å²) >= 11 is -0.126. The van der Waals surface area contributed by atoms with Crippen molar-refractivity contribution in [3.8, 4) is 0 Å². The summed E-state index contributed by atoms with van der Waals surface area (Å²) in [6.45, 7) is 4.00. The van der Waals surface area contributed by atoms with Crippen molar-refractivity contribution in [2.45, 2.75) is 26.7 Å². The van der Waals surface area contributed by atoms with Crippen LogP contribution < -0.4 is 34.7 Å². The van der Waals surface area contributed by atoms with Gasteiger partial charge < -0.3 is 0 Å². The average molecular weight is 304 g/mol. The number of aryl methyl sites for hydroxylation is 1. The number of carbonyl (C=O) groups excluding carboxylic acids is 1. The van der Waals surface area contributed by atoms with E-state index in [2.05, 4.69) is 4.08 Å². The molecule has 0 saturated carbocycles. The first kappa shape index (κ1) is 16.2. The van der Waals surface area contributed by atoms with E-state index in [0.29, 0.717) is 6.42 Å². The van der Waals surface area contributed by atoms with Crippen LogP contribution in [0.15, 0.2) is 16.2 Å². The fourth-order valence-corrected chi connectivity index (χ4v) is 2.70. The minimum absolute atomic E-state index is 0. The molecule has 0 aliphatic heterocycles. The standard InChI is InChI=1S/C7H8O2Te.C2H6.Na/c8-7(9)4-3-6-2-1-5-10-6;1-2;/h1-2,5H,3-4H2,(H,8,9);1-2H3;/q;;+1/p-1. The van der Waals surface area contributed by atoms with Gasteiger partial charge in [0.05, 0.1) is 0 Å². The summed E-state index contributed by atoms with van der Waals surface area (Å²) in [6, 6.07) is 4.03. The van der Waals surface area contributed by atoms with Gasteiger partial charge in [-0.1, -0.05) is 13.8 Å². The van der Waals surface area contributed by atoms with Gasteiger partial charge in [-0.05, 0) is 0 Å². The first-order valence-corrected chi connectivity index (χ1v) is 6.52. The first-order chi connectivity index (χ1) is 5.79. The fourth-order valence-electron chi connectivity index (χ4n) is 0.680. The number of carboxylic acid groups (broad SMARTS) is 1. The molecule has 0 saturated heterocycles. The van der Waals surface area contributed by atoms with E-state index in [9.17, 15) is 9.90 Å². The fraction of sp³-hybridized carbons (Fsp3) is 0.444. The Bertz CT molecular complexity index is 209. The third-order valence-electron chi connectivity index (χ3n) is 1.16. The van der Waals surface area contributed by atoms with Crippen LogP contribution in [0, 0.1) is 0 Å². The summed E-state index contributed by atoms with van der Waals surface area (Å²) in [5.74, 6) is -0.944. The van der Waals surface area contributed by atoms with Gasteiger partial charge >= 0.3 is 98.5 Å². The van der Waals surface area contributed by atoms with Crippen molar-refractivity contribution in [3.05, 3.63) is 19.8 Å². The summed E-state index contributed by atoms with van der Waals surface area (Å²) < 4.78 is 3.46. The van der Waals surface area contributed by atoms with Crippen molar-refractivity contribution in [2.24, 2.45) is 0 Å². The minimum Gasteiger partial charge on any atom is 1.00 e. The quantitative estimate of drug-likeness (QED) is 0.577. The zero-order valence-corrected chi connectivity index (χ0v) is 12.7. The predicted octanol–water partition coefficient (Wildman–Crippen LogP) is -2.54. The summed E-state index contributed by atoms with van der Waals surface area (Å²) in [7, 11) is 0. The van der Waals surface area contributed by atoms with Crippen LogP contribution in [0.25, 0.3) is 0 Å². The molecular formula is C9H13NaO2Te. The van der Waals surface area contributed by atoms with E-state index in [4.69, 9.17) is 0 Å². The van der Waals surface area contributed by atoms with Crippen LogP contribution >= 0.6 is 0 Å². The molecule has 1 rings (SSSR count). The second kappa shape index (κ2) is 10.8. The van der Waals surface area contributed by atoms with Gasteiger partial charge in [0, 0.05) is 0 Å². The Balaban J connectivity index is 0. The van der Waals surface area contributed by atoms with Gasteiger partial charge in [0.2, 0.25) is 0 Å². The molecule has 0 amide bonds. The molecule has 1 heterocycles. The molecule has 0 radical (unpaired) electrons. The number of rotatable bonds is 3. The van der Waals surface area contributed by atoms with Crippen LogP contribution in [-0.4, -0.2) is 26.4 Å². The topological polar surface area (TPSA) is 40.1 Å². The van der Waals surface area contributed by atoms with Crippen LogP contribution in [0.5, 0.6) is 0 Å². The zero-order chi connectivity index (χ0) is 9.40. The molecule has 0 spiro atoms. The first-order valence-electron chi connectivity index (χ1n) is 4.01. The molecule has 0 aliphatic rings. The maximum Gasteiger partial charge on any atom is 1.00 e. The molecule has 0 aliphatic carbocycles. The summed E-state index contributed by atoms with van der Waals surface area (Å²) in [5, 5.41) is 10.0. The van der Waals surface area contributed by atoms with E-state index in [-0.39, 0.29) is 56.4 Å². The normalized spacial score (nSPS) is 7.85. The number of aliphatic carboxylic acids is 1. The number of hydrogen-bond acceptors (Lipinski definition) is 2. The van der Waals surface area contributed by atoms with Crippen LogP contribution in [-0.2, 0) is 11.2 Å². The third-order valence-corrected chi connectivity index (χ3v) is 3.83. The number of hydrogen-bond donors (Lipinski definition) is 0. The molecule has 0 atom stereocenters. The molecule has 2 nitrogen and oxygen atoms in total. The molecule has 0 bridgehead atoms. The number of carboxylic acids is 1. The largest absolute Gasteiger partial charge is 1.00 e. The molecule has 1 aromatic heterocycles. The van der Waals surface area contributed by atoms with Crippen molar-refractivity contribution in [1.29, 1.82) is 0 Å². The maximum absolute atomic E-state index is 10.0. The molecule has 13 heavy (non-hydrogen) atoms. The minimum atomic E-state index is -0.944. The van der Waals surface area contributed by atoms with Crippen molar-refractivity contribution in [2.75, 3.05) is 0 Å². The second-order valence-corrected chi connectivity index (χ2v) is 4.90. The zero-order valence-electron chi connectivity index (χ0n) is 8.37. The Morgan fingerprint density at radius 2 is 2.15 bits per heavy atom. The van der Waals surface area contributed by atoms with Gasteiger partial charge in [0.15, 0.2) is 0 Å². The van der Waals surface area contributed by atoms with Gasteiger partial charge in [-0.2, -0.15) is 0 Å². The monoisotopic (exact) mass is 306 g/mol. The van der Waals surface area contributed by atoms with Crippen LogP contribution in [0.4, 0.5) is 0 Å². The SMILES string of the molecule is CC.O=C([O-])CCc1ccc[te]1.[Na+]. The summed E-state index contributed by atoms with van der Waals surface area (Å²) in [4.78, 5) is 10.0. The van der Waals surface area contributed by atoms with Gasteiger partial charge in [0.25, 0.3) is 0 Å². The van der Waals surface area contributed by atoms with Gasteiger partial charge in [-0.15, -0.1) is 0 Å². The average Bonchev–Trinajstić information content (AvgIpc) is 2.56. The van der Waals surface area contributed by atoms with Crippen LogP contribution in [0.2, 0.25) is 0 Å². The van der Waals surface area contributed by atoms with E-state index >= 15 is 0 Å². The third kappa shape index (κ3) is 9.05. The van der Waals surface area contributed by atoms with E-state index in [1.807, 2.05) is 26.0 Å². The Labute approximate surface area is 111 Å². The van der Waals surface area contributed by atoms with Crippen molar-refractivity contribution < 1.29 is 39.5 Å². The Morgan fingerprint density at radius 3 is 2.54 bits per heavy atom. The van der Waals surface area contributed by atoms with Crippen molar-refractivity contribution in [1.82, 2.24) is 0 Å². The Kier molecular flexibility index (Phi) is 13.5. The van der Waals surface area contributed by atoms with Gasteiger partial charge in [-0.3, -0.25) is 0 Å². The summed E-state index contributed by atoms with van der Waals surface area (Å²) in [6.07, 6.45) is 0.871.